The first-order valence-electron chi connectivity index (χ1n) is 11.3. The summed E-state index contributed by atoms with van der Waals surface area (Å²) < 4.78 is 5.24. The minimum Gasteiger partial charge on any atom is -0.467 e. The molecule has 0 aromatic carbocycles. The van der Waals surface area contributed by atoms with Crippen molar-refractivity contribution in [3.8, 4) is 0 Å². The molecule has 3 N–H and O–H groups in total. The van der Waals surface area contributed by atoms with Crippen molar-refractivity contribution in [2.24, 2.45) is 4.99 Å². The molecule has 1 saturated heterocycles. The summed E-state index contributed by atoms with van der Waals surface area (Å²) in [5.74, 6) is 1.36. The Hall–Kier alpha value is -1.29. The average molecular weight is 531 g/mol. The maximum Gasteiger partial charge on any atom is 0.242 e. The molecule has 2 heterocycles. The predicted molar refractivity (Wildman–Crippen MR) is 131 cm³/mol. The summed E-state index contributed by atoms with van der Waals surface area (Å²) >= 11 is 0. The molecule has 0 bridgehead atoms. The number of hydrogen-bond donors (Lipinski definition) is 3. The van der Waals surface area contributed by atoms with Crippen molar-refractivity contribution in [3.63, 3.8) is 0 Å². The van der Waals surface area contributed by atoms with Gasteiger partial charge in [0.2, 0.25) is 5.91 Å². The van der Waals surface area contributed by atoms with Gasteiger partial charge in [0.05, 0.1) is 12.8 Å². The largest absolute Gasteiger partial charge is 0.467 e. The predicted octanol–water partition coefficient (Wildman–Crippen LogP) is 3.26. The van der Waals surface area contributed by atoms with Gasteiger partial charge in [-0.1, -0.05) is 25.7 Å². The number of amides is 1. The number of nitrogens with zero attached hydrogens (tertiary/aromatic N) is 2. The van der Waals surface area contributed by atoms with Gasteiger partial charge >= 0.3 is 0 Å². The third kappa shape index (κ3) is 7.44. The van der Waals surface area contributed by atoms with Crippen LogP contribution in [0, 0.1) is 0 Å². The lowest BCUT2D eigenvalue weighted by molar-refractivity contribution is -0.119. The van der Waals surface area contributed by atoms with Crippen LogP contribution in [0.5, 0.6) is 0 Å². The molecule has 8 heteroatoms. The van der Waals surface area contributed by atoms with E-state index in [1.54, 1.807) is 6.26 Å². The fourth-order valence-corrected chi connectivity index (χ4v) is 4.58. The zero-order chi connectivity index (χ0) is 20.4. The van der Waals surface area contributed by atoms with Crippen molar-refractivity contribution < 1.29 is 9.21 Å². The number of rotatable bonds is 8. The fraction of sp³-hybridized carbons (Fsp3) is 0.727. The molecular weight excluding hydrogens is 493 g/mol. The third-order valence-electron chi connectivity index (χ3n) is 6.16. The highest BCUT2D eigenvalue weighted by atomic mass is 127. The number of carbonyl (C=O) groups is 1. The van der Waals surface area contributed by atoms with Crippen LogP contribution in [0.25, 0.3) is 0 Å². The molecule has 0 atom stereocenters. The first-order chi connectivity index (χ1) is 14.2. The second-order valence-corrected chi connectivity index (χ2v) is 8.24. The van der Waals surface area contributed by atoms with E-state index >= 15 is 0 Å². The van der Waals surface area contributed by atoms with Gasteiger partial charge in [-0.2, -0.15) is 0 Å². The lowest BCUT2D eigenvalue weighted by Gasteiger charge is -2.48. The van der Waals surface area contributed by atoms with E-state index in [1.165, 1.54) is 64.5 Å². The van der Waals surface area contributed by atoms with E-state index in [0.717, 1.165) is 24.8 Å². The maximum atomic E-state index is 12.1. The average Bonchev–Trinajstić information content (AvgIpc) is 3.29. The molecule has 1 aromatic rings. The van der Waals surface area contributed by atoms with Crippen molar-refractivity contribution in [1.82, 2.24) is 20.9 Å². The molecule has 1 aliphatic carbocycles. The summed E-state index contributed by atoms with van der Waals surface area (Å²) in [5, 5.41) is 9.69. The van der Waals surface area contributed by atoms with Crippen LogP contribution in [0.3, 0.4) is 0 Å². The van der Waals surface area contributed by atoms with E-state index < -0.39 is 0 Å². The number of aliphatic imine (C=N–C) groups is 1. The van der Waals surface area contributed by atoms with E-state index in [-0.39, 0.29) is 42.0 Å². The fourth-order valence-electron chi connectivity index (χ4n) is 4.58. The molecule has 0 spiro atoms. The second kappa shape index (κ2) is 13.2. The van der Waals surface area contributed by atoms with Crippen molar-refractivity contribution in [2.75, 3.05) is 32.7 Å². The molecule has 1 aliphatic heterocycles. The monoisotopic (exact) mass is 531 g/mol. The zero-order valence-corrected chi connectivity index (χ0v) is 20.6. The molecule has 30 heavy (non-hydrogen) atoms. The summed E-state index contributed by atoms with van der Waals surface area (Å²) in [5.41, 5.74) is 0.233. The van der Waals surface area contributed by atoms with Gasteiger partial charge in [-0.05, 0) is 57.8 Å². The van der Waals surface area contributed by atoms with Gasteiger partial charge in [0.15, 0.2) is 5.96 Å². The van der Waals surface area contributed by atoms with Gasteiger partial charge < -0.3 is 20.4 Å². The van der Waals surface area contributed by atoms with E-state index in [4.69, 9.17) is 4.42 Å². The standard InChI is InChI=1S/C22H37N5O2.HI/c1-2-23-21(25-17-20(28)24-16-19-10-9-15-29-19)26-18-22(11-5-3-6-12-22)27-13-7-4-8-14-27;/h9-10,15H,2-8,11-14,16-18H2,1H3,(H,24,28)(H2,23,25,26);1H. The summed E-state index contributed by atoms with van der Waals surface area (Å²) in [4.78, 5) is 19.4. The molecule has 7 nitrogen and oxygen atoms in total. The number of piperidine rings is 1. The van der Waals surface area contributed by atoms with Crippen LogP contribution in [0.15, 0.2) is 27.8 Å². The topological polar surface area (TPSA) is 81.9 Å². The molecule has 2 fully saturated rings. The van der Waals surface area contributed by atoms with Crippen molar-refractivity contribution in [3.05, 3.63) is 24.2 Å². The van der Waals surface area contributed by atoms with Crippen LogP contribution >= 0.6 is 24.0 Å². The number of halogens is 1. The summed E-state index contributed by atoms with van der Waals surface area (Å²) in [6.07, 6.45) is 12.1. The Morgan fingerprint density at radius 1 is 1.10 bits per heavy atom. The summed E-state index contributed by atoms with van der Waals surface area (Å²) in [6, 6.07) is 3.66. The molecule has 1 aromatic heterocycles. The van der Waals surface area contributed by atoms with E-state index in [9.17, 15) is 4.79 Å². The first-order valence-corrected chi connectivity index (χ1v) is 11.3. The summed E-state index contributed by atoms with van der Waals surface area (Å²) in [6.45, 7) is 6.64. The zero-order valence-electron chi connectivity index (χ0n) is 18.3. The molecule has 170 valence electrons. The Kier molecular flexibility index (Phi) is 11.0. The smallest absolute Gasteiger partial charge is 0.242 e. The Morgan fingerprint density at radius 3 is 2.50 bits per heavy atom. The summed E-state index contributed by atoms with van der Waals surface area (Å²) in [7, 11) is 0. The highest BCUT2D eigenvalue weighted by Gasteiger charge is 2.38. The quantitative estimate of drug-likeness (QED) is 0.273. The number of hydrogen-bond acceptors (Lipinski definition) is 4. The number of nitrogens with one attached hydrogen (secondary N) is 3. The molecule has 0 unspecified atom stereocenters. The number of furan rings is 1. The Balaban J connectivity index is 0.00000320. The van der Waals surface area contributed by atoms with Gasteiger partial charge in [-0.15, -0.1) is 24.0 Å². The Labute approximate surface area is 197 Å². The normalized spacial score (nSPS) is 19.6. The Morgan fingerprint density at radius 2 is 1.83 bits per heavy atom. The van der Waals surface area contributed by atoms with Gasteiger partial charge in [0.1, 0.15) is 12.3 Å². The molecular formula is C22H38IN5O2. The number of guanidine groups is 1. The van der Waals surface area contributed by atoms with Gasteiger partial charge in [-0.25, -0.2) is 4.99 Å². The second-order valence-electron chi connectivity index (χ2n) is 8.24. The van der Waals surface area contributed by atoms with Crippen LogP contribution in [-0.4, -0.2) is 55.0 Å². The van der Waals surface area contributed by atoms with E-state index in [0.29, 0.717) is 6.54 Å². The van der Waals surface area contributed by atoms with E-state index in [1.807, 2.05) is 12.1 Å². The first kappa shape index (κ1) is 25.0. The van der Waals surface area contributed by atoms with Crippen molar-refractivity contribution in [2.45, 2.75) is 70.4 Å². The molecule has 0 radical (unpaired) electrons. The van der Waals surface area contributed by atoms with Crippen LogP contribution < -0.4 is 16.0 Å². The van der Waals surface area contributed by atoms with Crippen molar-refractivity contribution in [1.29, 1.82) is 0 Å². The minimum atomic E-state index is -0.109. The lowest BCUT2D eigenvalue weighted by Crippen LogP contribution is -2.59. The Bertz CT molecular complexity index is 638. The molecule has 3 rings (SSSR count). The van der Waals surface area contributed by atoms with Gasteiger partial charge in [-0.3, -0.25) is 9.69 Å². The van der Waals surface area contributed by atoms with E-state index in [2.05, 4.69) is 32.8 Å². The highest BCUT2D eigenvalue weighted by molar-refractivity contribution is 14.0. The SMILES string of the molecule is CCNC(=NCC(=O)NCc1ccco1)NCC1(N2CCCCC2)CCCCC1.I. The maximum absolute atomic E-state index is 12.1. The van der Waals surface area contributed by atoms with Gasteiger partial charge in [0.25, 0.3) is 0 Å². The highest BCUT2D eigenvalue weighted by Crippen LogP contribution is 2.35. The molecule has 1 saturated carbocycles. The molecule has 1 amide bonds. The van der Waals surface area contributed by atoms with Crippen LogP contribution in [-0.2, 0) is 11.3 Å². The minimum absolute atomic E-state index is 0. The van der Waals surface area contributed by atoms with Crippen LogP contribution in [0.1, 0.15) is 64.1 Å². The van der Waals surface area contributed by atoms with Crippen molar-refractivity contribution >= 4 is 35.8 Å². The van der Waals surface area contributed by atoms with Crippen LogP contribution in [0.4, 0.5) is 0 Å². The van der Waals surface area contributed by atoms with Gasteiger partial charge in [0, 0.05) is 18.6 Å². The number of likely N-dealkylation sites (tertiary alicyclic amines) is 1. The lowest BCUT2D eigenvalue weighted by atomic mass is 9.79. The van der Waals surface area contributed by atoms with Crippen LogP contribution in [0.2, 0.25) is 0 Å². The molecule has 2 aliphatic rings. The number of carbonyl (C=O) groups excluding carboxylic acids is 1. The third-order valence-corrected chi connectivity index (χ3v) is 6.16.